The Labute approximate surface area is 178 Å². The second kappa shape index (κ2) is 7.32. The molecule has 11 heteroatoms. The highest BCUT2D eigenvalue weighted by molar-refractivity contribution is 7.90. The van der Waals surface area contributed by atoms with Gasteiger partial charge in [-0.25, -0.2) is 17.6 Å². The molecular formula is C20H20FN5O4S. The molecule has 2 aromatic rings. The number of aromatic nitrogens is 2. The normalized spacial score (nSPS) is 20.8. The Morgan fingerprint density at radius 2 is 2.03 bits per heavy atom. The van der Waals surface area contributed by atoms with Crippen LogP contribution in [-0.2, 0) is 23.2 Å². The summed E-state index contributed by atoms with van der Waals surface area (Å²) in [6.07, 6.45) is 1.45. The predicted octanol–water partition coefficient (Wildman–Crippen LogP) is 0.829. The van der Waals surface area contributed by atoms with Crippen LogP contribution in [0.15, 0.2) is 29.1 Å². The Morgan fingerprint density at radius 1 is 1.23 bits per heavy atom. The quantitative estimate of drug-likeness (QED) is 0.671. The minimum atomic E-state index is -3.25. The average Bonchev–Trinajstić information content (AvgIpc) is 3.55. The third-order valence-electron chi connectivity index (χ3n) is 5.94. The summed E-state index contributed by atoms with van der Waals surface area (Å²) in [6, 6.07) is 7.42. The van der Waals surface area contributed by atoms with E-state index in [1.54, 1.807) is 16.4 Å². The molecule has 0 radical (unpaired) electrons. The highest BCUT2D eigenvalue weighted by atomic mass is 32.2. The molecular weight excluding hydrogens is 425 g/mol. The van der Waals surface area contributed by atoms with Crippen LogP contribution in [0, 0.1) is 17.1 Å². The Hall–Kier alpha value is -2.97. The van der Waals surface area contributed by atoms with Gasteiger partial charge >= 0.3 is 5.69 Å². The molecule has 3 aliphatic rings. The standard InChI is InChI=1S/C20H20FN5O4S/c21-17-4-1-13(7-14(17)9-22)12-30-18-8-19-25-6-5-24(31(28,29)16-2-3-16)10-15(25)11-26(19)20(27)23-18/h1,4,7-8,15-16H,2-3,5-6,10-12H2. The molecule has 1 saturated carbocycles. The van der Waals surface area contributed by atoms with E-state index in [0.29, 0.717) is 37.6 Å². The molecule has 9 nitrogen and oxygen atoms in total. The minimum absolute atomic E-state index is 0.0295. The maximum absolute atomic E-state index is 13.5. The highest BCUT2D eigenvalue weighted by Crippen LogP contribution is 2.35. The molecule has 0 amide bonds. The van der Waals surface area contributed by atoms with Crippen molar-refractivity contribution in [1.82, 2.24) is 13.9 Å². The molecule has 1 aliphatic carbocycles. The Balaban J connectivity index is 1.33. The summed E-state index contributed by atoms with van der Waals surface area (Å²) in [5.41, 5.74) is 0.0392. The van der Waals surface area contributed by atoms with Crippen molar-refractivity contribution >= 4 is 15.8 Å². The zero-order valence-corrected chi connectivity index (χ0v) is 17.4. The van der Waals surface area contributed by atoms with Gasteiger partial charge in [-0.05, 0) is 30.5 Å². The number of benzene rings is 1. The molecule has 5 rings (SSSR count). The fourth-order valence-corrected chi connectivity index (χ4v) is 6.03. The lowest BCUT2D eigenvalue weighted by Gasteiger charge is -2.37. The van der Waals surface area contributed by atoms with Crippen LogP contribution in [0.2, 0.25) is 0 Å². The molecule has 2 aliphatic heterocycles. The summed E-state index contributed by atoms with van der Waals surface area (Å²) in [5, 5.41) is 8.70. The van der Waals surface area contributed by atoms with Crippen LogP contribution in [0.1, 0.15) is 24.0 Å². The van der Waals surface area contributed by atoms with Gasteiger partial charge < -0.3 is 9.64 Å². The van der Waals surface area contributed by atoms with Gasteiger partial charge in [0, 0.05) is 25.7 Å². The molecule has 0 spiro atoms. The van der Waals surface area contributed by atoms with Gasteiger partial charge in [-0.1, -0.05) is 6.07 Å². The number of hydrogen-bond acceptors (Lipinski definition) is 7. The number of ether oxygens (including phenoxy) is 1. The lowest BCUT2D eigenvalue weighted by Crippen LogP contribution is -2.54. The molecule has 1 unspecified atom stereocenters. The fourth-order valence-electron chi connectivity index (χ4n) is 4.17. The minimum Gasteiger partial charge on any atom is -0.473 e. The Morgan fingerprint density at radius 3 is 2.77 bits per heavy atom. The molecule has 1 saturated heterocycles. The van der Waals surface area contributed by atoms with Crippen LogP contribution >= 0.6 is 0 Å². The van der Waals surface area contributed by atoms with E-state index in [9.17, 15) is 17.6 Å². The number of sulfonamides is 1. The molecule has 162 valence electrons. The van der Waals surface area contributed by atoms with Crippen molar-refractivity contribution < 1.29 is 17.5 Å². The van der Waals surface area contributed by atoms with Gasteiger partial charge in [0.15, 0.2) is 0 Å². The van der Waals surface area contributed by atoms with Gasteiger partial charge in [-0.2, -0.15) is 14.6 Å². The van der Waals surface area contributed by atoms with Crippen molar-refractivity contribution in [3.8, 4) is 11.9 Å². The van der Waals surface area contributed by atoms with Crippen LogP contribution in [0.25, 0.3) is 0 Å². The summed E-state index contributed by atoms with van der Waals surface area (Å²) in [7, 11) is -3.25. The van der Waals surface area contributed by atoms with E-state index in [2.05, 4.69) is 4.98 Å². The molecule has 3 heterocycles. The van der Waals surface area contributed by atoms with Gasteiger partial charge in [-0.3, -0.25) is 4.57 Å². The number of fused-ring (bicyclic) bond motifs is 3. The summed E-state index contributed by atoms with van der Waals surface area (Å²) >= 11 is 0. The van der Waals surface area contributed by atoms with E-state index in [0.717, 1.165) is 12.8 Å². The Bertz CT molecular complexity index is 1250. The molecule has 0 N–H and O–H groups in total. The third-order valence-corrected chi connectivity index (χ3v) is 8.31. The molecule has 1 aromatic heterocycles. The first-order chi connectivity index (χ1) is 14.9. The van der Waals surface area contributed by atoms with Crippen molar-refractivity contribution in [3.63, 3.8) is 0 Å². The van der Waals surface area contributed by atoms with Gasteiger partial charge in [0.05, 0.1) is 23.4 Å². The first kappa shape index (κ1) is 20.0. The maximum atomic E-state index is 13.5. The van der Waals surface area contributed by atoms with E-state index in [1.165, 1.54) is 22.8 Å². The summed E-state index contributed by atoms with van der Waals surface area (Å²) in [6.45, 7) is 1.63. The number of rotatable bonds is 5. The van der Waals surface area contributed by atoms with Crippen molar-refractivity contribution in [2.24, 2.45) is 0 Å². The summed E-state index contributed by atoms with van der Waals surface area (Å²) < 4.78 is 47.4. The zero-order valence-electron chi connectivity index (χ0n) is 16.6. The van der Waals surface area contributed by atoms with E-state index < -0.39 is 21.5 Å². The van der Waals surface area contributed by atoms with Gasteiger partial charge in [0.2, 0.25) is 15.9 Å². The summed E-state index contributed by atoms with van der Waals surface area (Å²) in [5.74, 6) is 0.182. The lowest BCUT2D eigenvalue weighted by molar-refractivity contribution is 0.291. The summed E-state index contributed by atoms with van der Waals surface area (Å²) in [4.78, 5) is 18.5. The van der Waals surface area contributed by atoms with Crippen LogP contribution in [0.5, 0.6) is 5.88 Å². The molecule has 1 atom stereocenters. The fraction of sp³-hybridized carbons (Fsp3) is 0.450. The van der Waals surface area contributed by atoms with Gasteiger partial charge in [0.1, 0.15) is 24.3 Å². The third kappa shape index (κ3) is 3.55. The number of nitrogens with zero attached hydrogens (tertiary/aromatic N) is 5. The number of piperazine rings is 1. The van der Waals surface area contributed by atoms with E-state index in [1.807, 2.05) is 4.90 Å². The topological polar surface area (TPSA) is 109 Å². The van der Waals surface area contributed by atoms with Crippen LogP contribution < -0.4 is 15.3 Å². The van der Waals surface area contributed by atoms with E-state index in [-0.39, 0.29) is 29.3 Å². The molecule has 0 bridgehead atoms. The number of nitriles is 1. The second-order valence-corrected chi connectivity index (χ2v) is 10.2. The van der Waals surface area contributed by atoms with E-state index >= 15 is 0 Å². The number of halogens is 1. The number of anilines is 1. The second-order valence-electron chi connectivity index (χ2n) is 8.01. The van der Waals surface area contributed by atoms with Crippen LogP contribution in [-0.4, -0.2) is 53.2 Å². The van der Waals surface area contributed by atoms with Crippen LogP contribution in [0.3, 0.4) is 0 Å². The highest BCUT2D eigenvalue weighted by Gasteiger charge is 2.45. The SMILES string of the molecule is N#Cc1cc(COc2cc3n(c(=O)n2)CC2CN(S(=O)(=O)C4CC4)CCN32)ccc1F. The average molecular weight is 445 g/mol. The maximum Gasteiger partial charge on any atom is 0.352 e. The first-order valence-corrected chi connectivity index (χ1v) is 11.6. The molecule has 1 aromatic carbocycles. The molecule has 31 heavy (non-hydrogen) atoms. The number of hydrogen-bond donors (Lipinski definition) is 0. The smallest absolute Gasteiger partial charge is 0.352 e. The van der Waals surface area contributed by atoms with Crippen molar-refractivity contribution in [1.29, 1.82) is 5.26 Å². The largest absolute Gasteiger partial charge is 0.473 e. The van der Waals surface area contributed by atoms with Crippen molar-refractivity contribution in [2.45, 2.75) is 37.3 Å². The first-order valence-electron chi connectivity index (χ1n) is 10.1. The zero-order chi connectivity index (χ0) is 21.8. The van der Waals surface area contributed by atoms with Crippen molar-refractivity contribution in [2.75, 3.05) is 24.5 Å². The monoisotopic (exact) mass is 445 g/mol. The lowest BCUT2D eigenvalue weighted by atomic mass is 10.1. The molecule has 2 fully saturated rings. The Kier molecular flexibility index (Phi) is 4.71. The van der Waals surface area contributed by atoms with Crippen LogP contribution in [0.4, 0.5) is 10.2 Å². The van der Waals surface area contributed by atoms with Crippen molar-refractivity contribution in [3.05, 3.63) is 51.7 Å². The van der Waals surface area contributed by atoms with E-state index in [4.69, 9.17) is 10.00 Å². The predicted molar refractivity (Wildman–Crippen MR) is 109 cm³/mol. The van der Waals surface area contributed by atoms with Gasteiger partial charge in [0.25, 0.3) is 0 Å². The van der Waals surface area contributed by atoms with Gasteiger partial charge in [-0.15, -0.1) is 0 Å².